The minimum Gasteiger partial charge on any atom is -1.00 e. The van der Waals surface area contributed by atoms with Crippen LogP contribution in [-0.2, 0) is 16.5 Å². The van der Waals surface area contributed by atoms with E-state index in [0.29, 0.717) is 0 Å². The molecule has 4 aromatic rings. The minimum absolute atomic E-state index is 0. The first-order valence-corrected chi connectivity index (χ1v) is 17.7. The van der Waals surface area contributed by atoms with Gasteiger partial charge >= 0.3 is 16.5 Å². The summed E-state index contributed by atoms with van der Waals surface area (Å²) < 4.78 is 0. The molecule has 0 spiro atoms. The number of rotatable bonds is 12. The second-order valence-electron chi connectivity index (χ2n) is 13.0. The van der Waals surface area contributed by atoms with Gasteiger partial charge in [-0.3, -0.25) is 9.98 Å². The Morgan fingerprint density at radius 2 is 0.922 bits per heavy atom. The summed E-state index contributed by atoms with van der Waals surface area (Å²) in [5.41, 5.74) is 1.44. The van der Waals surface area contributed by atoms with Crippen LogP contribution in [0.15, 0.2) is 82.8 Å². The van der Waals surface area contributed by atoms with Crippen LogP contribution in [0.3, 0.4) is 0 Å². The summed E-state index contributed by atoms with van der Waals surface area (Å²) in [5.74, 6) is 0.113. The van der Waals surface area contributed by atoms with Gasteiger partial charge in [-0.2, -0.15) is 0 Å². The van der Waals surface area contributed by atoms with Crippen molar-refractivity contribution in [1.29, 1.82) is 0 Å². The summed E-state index contributed by atoms with van der Waals surface area (Å²) in [5, 5.41) is 33.3. The van der Waals surface area contributed by atoms with Crippen molar-refractivity contribution < 1.29 is 73.1 Å². The van der Waals surface area contributed by atoms with Gasteiger partial charge in [0, 0.05) is 38.4 Å². The van der Waals surface area contributed by atoms with Gasteiger partial charge in [-0.15, -0.1) is 0 Å². The molecule has 51 heavy (non-hydrogen) atoms. The van der Waals surface area contributed by atoms with Gasteiger partial charge in [-0.05, 0) is 84.0 Å². The van der Waals surface area contributed by atoms with E-state index in [0.717, 1.165) is 83.8 Å². The van der Waals surface area contributed by atoms with Crippen LogP contribution in [-0.4, -0.2) is 61.6 Å². The van der Waals surface area contributed by atoms with Crippen molar-refractivity contribution in [1.82, 2.24) is 0 Å². The maximum atomic E-state index is 12.1. The van der Waals surface area contributed by atoms with Crippen LogP contribution in [0.1, 0.15) is 88.2 Å². The molecule has 2 aliphatic rings. The Kier molecular flexibility index (Phi) is 25.5. The topological polar surface area (TPSA) is 167 Å². The van der Waals surface area contributed by atoms with Crippen LogP contribution in [0.25, 0.3) is 21.5 Å². The molecule has 2 saturated carbocycles. The van der Waals surface area contributed by atoms with Gasteiger partial charge in [-0.1, -0.05) is 97.1 Å². The summed E-state index contributed by atoms with van der Waals surface area (Å²) >= 11 is 0. The Balaban J connectivity index is 0.000000893. The quantitative estimate of drug-likeness (QED) is 0.0930. The largest absolute Gasteiger partial charge is 2.00 e. The van der Waals surface area contributed by atoms with E-state index in [1.807, 2.05) is 60.7 Å². The van der Waals surface area contributed by atoms with Crippen LogP contribution in [0.4, 0.5) is 0 Å². The summed E-state index contributed by atoms with van der Waals surface area (Å²) in [6.07, 6.45) is 19.6. The first kappa shape index (κ1) is 48.3. The molecule has 11 heteroatoms. The summed E-state index contributed by atoms with van der Waals surface area (Å²) in [7, 11) is 0. The molecule has 284 valence electrons. The van der Waals surface area contributed by atoms with Gasteiger partial charge in [0.2, 0.25) is 0 Å². The maximum absolute atomic E-state index is 12.1. The molecule has 0 radical (unpaired) electrons. The van der Waals surface area contributed by atoms with E-state index in [-0.39, 0.29) is 63.8 Å². The molecule has 6 rings (SSSR count). The van der Waals surface area contributed by atoms with Crippen LogP contribution >= 0.6 is 0 Å². The van der Waals surface area contributed by atoms with Crippen molar-refractivity contribution in [3.8, 4) is 11.5 Å². The van der Waals surface area contributed by atoms with Crippen molar-refractivity contribution in [3.63, 3.8) is 0 Å². The summed E-state index contributed by atoms with van der Waals surface area (Å²) in [4.78, 5) is 8.98. The smallest absolute Gasteiger partial charge is 1.00 e. The fourth-order valence-electron chi connectivity index (χ4n) is 6.94. The van der Waals surface area contributed by atoms with E-state index in [9.17, 15) is 10.2 Å². The molecule has 2 aliphatic carbocycles. The molecule has 0 aromatic heterocycles. The van der Waals surface area contributed by atoms with Crippen molar-refractivity contribution in [2.24, 2.45) is 9.98 Å². The number of benzene rings is 4. The van der Waals surface area contributed by atoms with E-state index in [1.54, 1.807) is 24.6 Å². The molecular weight excluding hydrogens is 730 g/mol. The zero-order valence-electron chi connectivity index (χ0n) is 29.5. The van der Waals surface area contributed by atoms with E-state index < -0.39 is 0 Å². The van der Waals surface area contributed by atoms with Crippen molar-refractivity contribution in [2.45, 2.75) is 89.1 Å². The molecule has 4 aromatic carbocycles. The molecule has 8 N–H and O–H groups in total. The zero-order chi connectivity index (χ0) is 31.8. The predicted octanol–water partition coefficient (Wildman–Crippen LogP) is -2.41. The Morgan fingerprint density at radius 3 is 1.31 bits per heavy atom. The Morgan fingerprint density at radius 1 is 0.549 bits per heavy atom. The molecule has 0 aliphatic heterocycles. The first-order valence-electron chi connectivity index (χ1n) is 17.7. The third-order valence-electron chi connectivity index (χ3n) is 9.58. The standard InChI is InChI=1S/2C20H26N2O.2ClH.Ni.2H2O/c2*23-20-12-11-16-7-4-5-10-18(16)19(20)15-21-13-6-14-22-17-8-2-1-3-9-17;;;;;/h2*4-5,7,10-12,15,17,22-23H,1-3,6,8-9,13-14H2;2*1H;;2*1H2/q;;;;+2;;/p-2. The van der Waals surface area contributed by atoms with E-state index in [2.05, 4.69) is 20.6 Å². The van der Waals surface area contributed by atoms with Gasteiger partial charge in [-0.25, -0.2) is 0 Å². The molecule has 0 atom stereocenters. The van der Waals surface area contributed by atoms with Crippen molar-refractivity contribution >= 4 is 34.0 Å². The van der Waals surface area contributed by atoms with Crippen LogP contribution in [0.2, 0.25) is 0 Å². The molecule has 0 unspecified atom stereocenters. The van der Waals surface area contributed by atoms with Crippen LogP contribution < -0.4 is 45.7 Å². The summed E-state index contributed by atoms with van der Waals surface area (Å²) in [6.45, 7) is 3.88. The van der Waals surface area contributed by atoms with Gasteiger partial charge in [0.25, 0.3) is 0 Å². The summed E-state index contributed by atoms with van der Waals surface area (Å²) in [6, 6.07) is 24.7. The zero-order valence-corrected chi connectivity index (χ0v) is 32.0. The van der Waals surface area contributed by atoms with Crippen LogP contribution in [0.5, 0.6) is 11.5 Å². The fraction of sp³-hybridized carbons (Fsp3) is 0.450. The number of nitrogens with zero attached hydrogens (tertiary/aromatic N) is 2. The SMILES string of the molecule is O.O.[Cl-].[Cl-].[Ni+2].[O-]c1ccc2ccccc2c1C=NCCC[NH2+]C1CCCCC1.[O-]c1ccc2ccccc2c1C=NCCC[NH2+]C1CCCCC1. The number of halogens is 2. The number of fused-ring (bicyclic) bond motifs is 2. The number of hydrogen-bond donors (Lipinski definition) is 2. The molecule has 8 nitrogen and oxygen atoms in total. The van der Waals surface area contributed by atoms with Gasteiger partial charge < -0.3 is 56.6 Å². The molecule has 0 amide bonds. The third-order valence-corrected chi connectivity index (χ3v) is 9.58. The average molecular weight is 787 g/mol. The minimum atomic E-state index is 0. The fourth-order valence-corrected chi connectivity index (χ4v) is 6.94. The van der Waals surface area contributed by atoms with E-state index in [1.165, 1.54) is 64.2 Å². The Hall–Kier alpha value is -2.75. The van der Waals surface area contributed by atoms with E-state index >= 15 is 0 Å². The number of nitrogens with two attached hydrogens (primary N) is 2. The molecule has 0 saturated heterocycles. The van der Waals surface area contributed by atoms with Gasteiger partial charge in [0.1, 0.15) is 0 Å². The Labute approximate surface area is 326 Å². The molecule has 0 heterocycles. The van der Waals surface area contributed by atoms with Gasteiger partial charge in [0.15, 0.2) is 0 Å². The Bertz CT molecular complexity index is 1460. The number of aliphatic imine (C=N–C) groups is 2. The average Bonchev–Trinajstić information content (AvgIpc) is 3.10. The number of quaternary nitrogens is 2. The molecule has 2 fully saturated rings. The monoisotopic (exact) mass is 784 g/mol. The first-order chi connectivity index (χ1) is 22.7. The second kappa shape index (κ2) is 26.9. The molecule has 0 bridgehead atoms. The third kappa shape index (κ3) is 15.4. The maximum Gasteiger partial charge on any atom is 2.00 e. The van der Waals surface area contributed by atoms with Crippen LogP contribution in [0, 0.1) is 0 Å². The van der Waals surface area contributed by atoms with Crippen molar-refractivity contribution in [3.05, 3.63) is 83.9 Å². The van der Waals surface area contributed by atoms with Gasteiger partial charge in [0.05, 0.1) is 25.2 Å². The van der Waals surface area contributed by atoms with Crippen molar-refractivity contribution in [2.75, 3.05) is 26.2 Å². The second-order valence-corrected chi connectivity index (χ2v) is 13.0. The van der Waals surface area contributed by atoms with E-state index in [4.69, 9.17) is 0 Å². The number of hydrogen-bond acceptors (Lipinski definition) is 4. The molecular formula is C40H56Cl2N4NiO4. The normalized spacial score (nSPS) is 14.7. The predicted molar refractivity (Wildman–Crippen MR) is 196 cm³/mol.